The second-order valence-electron chi connectivity index (χ2n) is 7.42. The Labute approximate surface area is 165 Å². The molecule has 0 unspecified atom stereocenters. The van der Waals surface area contributed by atoms with Gasteiger partial charge in [-0.1, -0.05) is 56.3 Å². The van der Waals surface area contributed by atoms with Gasteiger partial charge >= 0.3 is 0 Å². The van der Waals surface area contributed by atoms with E-state index < -0.39 is 0 Å². The lowest BCUT2D eigenvalue weighted by Gasteiger charge is -2.28. The first-order chi connectivity index (χ1) is 13.6. The van der Waals surface area contributed by atoms with Gasteiger partial charge in [0.15, 0.2) is 11.5 Å². The Bertz CT molecular complexity index is 982. The van der Waals surface area contributed by atoms with E-state index in [1.54, 1.807) is 6.07 Å². The molecule has 5 heteroatoms. The Morgan fingerprint density at radius 3 is 2.46 bits per heavy atom. The Morgan fingerprint density at radius 2 is 1.71 bits per heavy atom. The third kappa shape index (κ3) is 3.74. The highest BCUT2D eigenvalue weighted by Gasteiger charge is 2.22. The third-order valence-corrected chi connectivity index (χ3v) is 5.15. The van der Waals surface area contributed by atoms with Crippen molar-refractivity contribution < 1.29 is 4.79 Å². The monoisotopic (exact) mass is 372 g/mol. The number of aromatic nitrogens is 2. The maximum absolute atomic E-state index is 12.8. The van der Waals surface area contributed by atoms with E-state index in [0.29, 0.717) is 30.5 Å². The van der Waals surface area contributed by atoms with Crippen LogP contribution in [0.25, 0.3) is 0 Å². The zero-order valence-corrected chi connectivity index (χ0v) is 16.2. The molecule has 1 aliphatic rings. The average molecular weight is 372 g/mol. The second kappa shape index (κ2) is 7.80. The minimum absolute atomic E-state index is 0.0730. The van der Waals surface area contributed by atoms with E-state index >= 15 is 0 Å². The number of amides is 1. The van der Waals surface area contributed by atoms with Crippen LogP contribution in [0, 0.1) is 0 Å². The predicted molar refractivity (Wildman–Crippen MR) is 111 cm³/mol. The number of fused-ring (bicyclic) bond motifs is 1. The normalized spacial score (nSPS) is 13.3. The van der Waals surface area contributed by atoms with Gasteiger partial charge in [0, 0.05) is 18.8 Å². The van der Waals surface area contributed by atoms with Crippen molar-refractivity contribution in [2.45, 2.75) is 32.7 Å². The Balaban J connectivity index is 1.47. The molecule has 0 spiro atoms. The van der Waals surface area contributed by atoms with Crippen LogP contribution >= 0.6 is 0 Å². The summed E-state index contributed by atoms with van der Waals surface area (Å²) in [5.74, 6) is 0.962. The van der Waals surface area contributed by atoms with E-state index in [0.717, 1.165) is 12.1 Å². The molecule has 1 amide bonds. The van der Waals surface area contributed by atoms with Crippen molar-refractivity contribution in [3.8, 4) is 0 Å². The number of nitrogens with one attached hydrogen (secondary N) is 1. The summed E-state index contributed by atoms with van der Waals surface area (Å²) in [6.45, 7) is 5.65. The number of rotatable bonds is 4. The van der Waals surface area contributed by atoms with Crippen LogP contribution in [0.15, 0.2) is 60.7 Å². The van der Waals surface area contributed by atoms with Gasteiger partial charge in [-0.25, -0.2) is 0 Å². The maximum atomic E-state index is 12.8. The van der Waals surface area contributed by atoms with Gasteiger partial charge in [0.05, 0.1) is 0 Å². The van der Waals surface area contributed by atoms with Gasteiger partial charge in [0.2, 0.25) is 0 Å². The van der Waals surface area contributed by atoms with Gasteiger partial charge in [-0.15, -0.1) is 10.2 Å². The molecule has 1 aromatic heterocycles. The first-order valence-electron chi connectivity index (χ1n) is 9.67. The molecule has 1 aliphatic heterocycles. The fraction of sp³-hybridized carbons (Fsp3) is 0.261. The summed E-state index contributed by atoms with van der Waals surface area (Å²) in [5, 5.41) is 11.7. The molecule has 5 nitrogen and oxygen atoms in total. The molecule has 0 atom stereocenters. The standard InChI is InChI=1S/C23H24N4O/c1-16(2)19-9-5-6-10-20(19)24-22-12-11-21(25-26-22)23(28)27-14-13-17-7-3-4-8-18(17)15-27/h3-12,16H,13-15H2,1-2H3,(H,24,26). The molecule has 0 saturated carbocycles. The molecule has 0 aliphatic carbocycles. The molecule has 28 heavy (non-hydrogen) atoms. The first-order valence-corrected chi connectivity index (χ1v) is 9.67. The molecule has 1 N–H and O–H groups in total. The van der Waals surface area contributed by atoms with Gasteiger partial charge < -0.3 is 10.2 Å². The van der Waals surface area contributed by atoms with Crippen LogP contribution in [-0.4, -0.2) is 27.5 Å². The van der Waals surface area contributed by atoms with Crippen LogP contribution in [0.2, 0.25) is 0 Å². The van der Waals surface area contributed by atoms with E-state index in [1.807, 2.05) is 41.3 Å². The molecule has 0 radical (unpaired) electrons. The number of nitrogens with zero attached hydrogens (tertiary/aromatic N) is 3. The van der Waals surface area contributed by atoms with Crippen molar-refractivity contribution >= 4 is 17.4 Å². The summed E-state index contributed by atoms with van der Waals surface area (Å²) >= 11 is 0. The van der Waals surface area contributed by atoms with Crippen LogP contribution in [0.1, 0.15) is 46.9 Å². The zero-order valence-electron chi connectivity index (χ0n) is 16.2. The van der Waals surface area contributed by atoms with Gasteiger partial charge in [-0.3, -0.25) is 4.79 Å². The summed E-state index contributed by atoms with van der Waals surface area (Å²) in [5.41, 5.74) is 5.14. The Hall–Kier alpha value is -3.21. The lowest BCUT2D eigenvalue weighted by molar-refractivity contribution is 0.0727. The highest BCUT2D eigenvalue weighted by atomic mass is 16.2. The predicted octanol–water partition coefficient (Wildman–Crippen LogP) is 4.54. The Morgan fingerprint density at radius 1 is 0.964 bits per heavy atom. The van der Waals surface area contributed by atoms with Gasteiger partial charge in [0.25, 0.3) is 5.91 Å². The lowest BCUT2D eigenvalue weighted by atomic mass is 10.00. The minimum atomic E-state index is -0.0730. The van der Waals surface area contributed by atoms with Gasteiger partial charge in [0.1, 0.15) is 0 Å². The van der Waals surface area contributed by atoms with Gasteiger partial charge in [-0.2, -0.15) is 0 Å². The molecule has 2 heterocycles. The molecule has 3 aromatic rings. The third-order valence-electron chi connectivity index (χ3n) is 5.15. The van der Waals surface area contributed by atoms with Crippen LogP contribution in [0.3, 0.4) is 0 Å². The highest BCUT2D eigenvalue weighted by Crippen LogP contribution is 2.26. The second-order valence-corrected chi connectivity index (χ2v) is 7.42. The number of hydrogen-bond donors (Lipinski definition) is 1. The zero-order chi connectivity index (χ0) is 19.5. The maximum Gasteiger partial charge on any atom is 0.274 e. The number of benzene rings is 2. The van der Waals surface area contributed by atoms with E-state index in [1.165, 1.54) is 16.7 Å². The summed E-state index contributed by atoms with van der Waals surface area (Å²) in [6.07, 6.45) is 0.876. The minimum Gasteiger partial charge on any atom is -0.338 e. The van der Waals surface area contributed by atoms with Crippen LogP contribution in [-0.2, 0) is 13.0 Å². The van der Waals surface area contributed by atoms with E-state index in [-0.39, 0.29) is 5.91 Å². The van der Waals surface area contributed by atoms with E-state index in [4.69, 9.17) is 0 Å². The summed E-state index contributed by atoms with van der Waals surface area (Å²) in [6, 6.07) is 20.0. The fourth-order valence-corrected chi connectivity index (χ4v) is 3.60. The van der Waals surface area contributed by atoms with Crippen LogP contribution in [0.5, 0.6) is 0 Å². The van der Waals surface area contributed by atoms with Crippen LogP contribution < -0.4 is 5.32 Å². The largest absolute Gasteiger partial charge is 0.338 e. The molecule has 142 valence electrons. The molecule has 0 saturated heterocycles. The van der Waals surface area contributed by atoms with Crippen molar-refractivity contribution in [1.82, 2.24) is 15.1 Å². The van der Waals surface area contributed by atoms with Crippen molar-refractivity contribution in [3.05, 3.63) is 83.0 Å². The molecule has 0 bridgehead atoms. The van der Waals surface area contributed by atoms with E-state index in [9.17, 15) is 4.79 Å². The summed E-state index contributed by atoms with van der Waals surface area (Å²) < 4.78 is 0. The van der Waals surface area contributed by atoms with E-state index in [2.05, 4.69) is 47.6 Å². The van der Waals surface area contributed by atoms with Crippen LogP contribution in [0.4, 0.5) is 11.5 Å². The molecule has 0 fully saturated rings. The molecular weight excluding hydrogens is 348 g/mol. The Kier molecular flexibility index (Phi) is 5.06. The number of hydrogen-bond acceptors (Lipinski definition) is 4. The topological polar surface area (TPSA) is 58.1 Å². The summed E-state index contributed by atoms with van der Waals surface area (Å²) in [7, 11) is 0. The number of carbonyl (C=O) groups is 1. The quantitative estimate of drug-likeness (QED) is 0.730. The van der Waals surface area contributed by atoms with Crippen molar-refractivity contribution in [2.75, 3.05) is 11.9 Å². The molecular formula is C23H24N4O. The summed E-state index contributed by atoms with van der Waals surface area (Å²) in [4.78, 5) is 14.7. The average Bonchev–Trinajstić information content (AvgIpc) is 2.73. The SMILES string of the molecule is CC(C)c1ccccc1Nc1ccc(C(=O)N2CCc3ccccc3C2)nn1. The fourth-order valence-electron chi connectivity index (χ4n) is 3.60. The number of para-hydroxylation sites is 1. The number of anilines is 2. The smallest absolute Gasteiger partial charge is 0.274 e. The van der Waals surface area contributed by atoms with Gasteiger partial charge in [-0.05, 0) is 47.2 Å². The number of carbonyl (C=O) groups excluding carboxylic acids is 1. The molecule has 4 rings (SSSR count). The van der Waals surface area contributed by atoms with Crippen molar-refractivity contribution in [3.63, 3.8) is 0 Å². The van der Waals surface area contributed by atoms with Crippen molar-refractivity contribution in [1.29, 1.82) is 0 Å². The lowest BCUT2D eigenvalue weighted by Crippen LogP contribution is -2.36. The van der Waals surface area contributed by atoms with Crippen molar-refractivity contribution in [2.24, 2.45) is 0 Å². The first kappa shape index (κ1) is 18.2. The highest BCUT2D eigenvalue weighted by molar-refractivity contribution is 5.92. The molecule has 2 aromatic carbocycles.